The Morgan fingerprint density at radius 2 is 2.00 bits per heavy atom. The van der Waals surface area contributed by atoms with Gasteiger partial charge in [0.2, 0.25) is 0 Å². The molecule has 3 aromatic rings. The van der Waals surface area contributed by atoms with Crippen molar-refractivity contribution in [1.29, 1.82) is 0 Å². The van der Waals surface area contributed by atoms with E-state index in [0.717, 1.165) is 16.6 Å². The van der Waals surface area contributed by atoms with Gasteiger partial charge >= 0.3 is 6.09 Å². The SMILES string of the molecule is Cn1cc(-c2cc(NC(=O)OC(C)(C)C)c3ccnn3c2)cn1. The lowest BCUT2D eigenvalue weighted by Gasteiger charge is -2.20. The minimum atomic E-state index is -0.554. The molecule has 0 saturated heterocycles. The van der Waals surface area contributed by atoms with Crippen molar-refractivity contribution in [3.8, 4) is 11.1 Å². The number of amides is 1. The van der Waals surface area contributed by atoms with Crippen molar-refractivity contribution in [2.45, 2.75) is 26.4 Å². The average Bonchev–Trinajstić information content (AvgIpc) is 3.04. The lowest BCUT2D eigenvalue weighted by Crippen LogP contribution is -2.27. The summed E-state index contributed by atoms with van der Waals surface area (Å²) in [6.07, 6.45) is 6.75. The predicted octanol–water partition coefficient (Wildman–Crippen LogP) is 3.08. The zero-order valence-electron chi connectivity index (χ0n) is 13.6. The van der Waals surface area contributed by atoms with Gasteiger partial charge in [-0.25, -0.2) is 9.31 Å². The van der Waals surface area contributed by atoms with Crippen LogP contribution in [0, 0.1) is 0 Å². The van der Waals surface area contributed by atoms with E-state index in [0.29, 0.717) is 5.69 Å². The number of ether oxygens (including phenoxy) is 1. The molecule has 0 aromatic carbocycles. The number of nitrogens with one attached hydrogen (secondary N) is 1. The van der Waals surface area contributed by atoms with E-state index in [-0.39, 0.29) is 0 Å². The summed E-state index contributed by atoms with van der Waals surface area (Å²) in [5.41, 5.74) is 2.72. The van der Waals surface area contributed by atoms with Crippen LogP contribution < -0.4 is 5.32 Å². The Bertz CT molecular complexity index is 857. The van der Waals surface area contributed by atoms with Crippen LogP contribution in [0.3, 0.4) is 0 Å². The normalized spacial score (nSPS) is 11.7. The van der Waals surface area contributed by atoms with Crippen LogP contribution in [0.5, 0.6) is 0 Å². The van der Waals surface area contributed by atoms with Gasteiger partial charge in [0.05, 0.1) is 23.6 Å². The maximum absolute atomic E-state index is 12.1. The van der Waals surface area contributed by atoms with E-state index in [1.165, 1.54) is 0 Å². The first-order valence-corrected chi connectivity index (χ1v) is 7.28. The van der Waals surface area contributed by atoms with Crippen molar-refractivity contribution in [3.63, 3.8) is 0 Å². The molecule has 0 unspecified atom stereocenters. The predicted molar refractivity (Wildman–Crippen MR) is 87.3 cm³/mol. The van der Waals surface area contributed by atoms with Crippen molar-refractivity contribution in [2.24, 2.45) is 7.05 Å². The summed E-state index contributed by atoms with van der Waals surface area (Å²) in [6, 6.07) is 3.72. The van der Waals surface area contributed by atoms with E-state index in [2.05, 4.69) is 15.5 Å². The summed E-state index contributed by atoms with van der Waals surface area (Å²) in [6.45, 7) is 5.48. The lowest BCUT2D eigenvalue weighted by atomic mass is 10.1. The molecule has 1 N–H and O–H groups in total. The highest BCUT2D eigenvalue weighted by Gasteiger charge is 2.18. The molecule has 0 fully saturated rings. The number of nitrogens with zero attached hydrogens (tertiary/aromatic N) is 4. The fourth-order valence-corrected chi connectivity index (χ4v) is 2.27. The number of aryl methyl sites for hydroxylation is 1. The van der Waals surface area contributed by atoms with Crippen molar-refractivity contribution in [1.82, 2.24) is 19.4 Å². The first kappa shape index (κ1) is 15.1. The summed E-state index contributed by atoms with van der Waals surface area (Å²) in [5, 5.41) is 11.2. The number of carbonyl (C=O) groups is 1. The first-order chi connectivity index (χ1) is 10.8. The van der Waals surface area contributed by atoms with Gasteiger partial charge in [0, 0.05) is 30.6 Å². The summed E-state index contributed by atoms with van der Waals surface area (Å²) in [4.78, 5) is 12.1. The van der Waals surface area contributed by atoms with Crippen LogP contribution in [-0.2, 0) is 11.8 Å². The summed E-state index contributed by atoms with van der Waals surface area (Å²) < 4.78 is 8.76. The highest BCUT2D eigenvalue weighted by Crippen LogP contribution is 2.26. The standard InChI is InChI=1S/C16H19N5O2/c1-16(2,3)23-15(22)19-13-7-11(12-8-18-20(4)9-12)10-21-14(13)5-6-17-21/h5-10H,1-4H3,(H,19,22). The molecule has 3 aromatic heterocycles. The number of pyridine rings is 1. The molecule has 0 aliphatic rings. The van der Waals surface area contributed by atoms with Gasteiger partial charge in [0.25, 0.3) is 0 Å². The zero-order chi connectivity index (χ0) is 16.6. The van der Waals surface area contributed by atoms with Crippen LogP contribution in [0.25, 0.3) is 16.6 Å². The number of rotatable bonds is 2. The molecular formula is C16H19N5O2. The Hall–Kier alpha value is -2.83. The monoisotopic (exact) mass is 313 g/mol. The van der Waals surface area contributed by atoms with E-state index in [1.807, 2.05) is 52.3 Å². The quantitative estimate of drug-likeness (QED) is 0.789. The molecule has 120 valence electrons. The fraction of sp³-hybridized carbons (Fsp3) is 0.312. The fourth-order valence-electron chi connectivity index (χ4n) is 2.27. The van der Waals surface area contributed by atoms with Crippen LogP contribution >= 0.6 is 0 Å². The highest BCUT2D eigenvalue weighted by molar-refractivity contribution is 5.92. The molecule has 1 amide bonds. The number of fused-ring (bicyclic) bond motifs is 1. The van der Waals surface area contributed by atoms with Gasteiger partial charge in [0.1, 0.15) is 5.60 Å². The Labute approximate surface area is 133 Å². The Balaban J connectivity index is 1.98. The van der Waals surface area contributed by atoms with Crippen LogP contribution in [0.2, 0.25) is 0 Å². The van der Waals surface area contributed by atoms with E-state index in [9.17, 15) is 4.79 Å². The second-order valence-electron chi connectivity index (χ2n) is 6.33. The number of aromatic nitrogens is 4. The van der Waals surface area contributed by atoms with Crippen molar-refractivity contribution >= 4 is 17.3 Å². The van der Waals surface area contributed by atoms with Crippen LogP contribution in [0.15, 0.2) is 36.9 Å². The Morgan fingerprint density at radius 1 is 1.22 bits per heavy atom. The van der Waals surface area contributed by atoms with Gasteiger partial charge in [0.15, 0.2) is 0 Å². The van der Waals surface area contributed by atoms with Gasteiger partial charge in [-0.15, -0.1) is 0 Å². The largest absolute Gasteiger partial charge is 0.444 e. The molecule has 0 aliphatic heterocycles. The second kappa shape index (κ2) is 5.42. The maximum atomic E-state index is 12.1. The van der Waals surface area contributed by atoms with Gasteiger partial charge in [-0.2, -0.15) is 10.2 Å². The third kappa shape index (κ3) is 3.33. The molecule has 7 heteroatoms. The molecule has 3 heterocycles. The number of carbonyl (C=O) groups excluding carboxylic acids is 1. The molecular weight excluding hydrogens is 294 g/mol. The van der Waals surface area contributed by atoms with Crippen LogP contribution in [-0.4, -0.2) is 31.1 Å². The zero-order valence-corrected chi connectivity index (χ0v) is 13.6. The van der Waals surface area contributed by atoms with Gasteiger partial charge in [-0.1, -0.05) is 0 Å². The van der Waals surface area contributed by atoms with Crippen LogP contribution in [0.4, 0.5) is 10.5 Å². The Kier molecular flexibility index (Phi) is 3.55. The topological polar surface area (TPSA) is 73.5 Å². The van der Waals surface area contributed by atoms with Gasteiger partial charge in [-0.05, 0) is 32.9 Å². The van der Waals surface area contributed by atoms with Gasteiger partial charge in [-0.3, -0.25) is 10.00 Å². The molecule has 23 heavy (non-hydrogen) atoms. The van der Waals surface area contributed by atoms with Crippen molar-refractivity contribution in [3.05, 3.63) is 36.9 Å². The third-order valence-corrected chi connectivity index (χ3v) is 3.18. The molecule has 0 radical (unpaired) electrons. The molecule has 0 aliphatic carbocycles. The molecule has 0 saturated carbocycles. The summed E-state index contributed by atoms with van der Waals surface area (Å²) >= 11 is 0. The third-order valence-electron chi connectivity index (χ3n) is 3.18. The molecule has 0 spiro atoms. The maximum Gasteiger partial charge on any atom is 0.412 e. The first-order valence-electron chi connectivity index (χ1n) is 7.28. The second-order valence-corrected chi connectivity index (χ2v) is 6.33. The average molecular weight is 313 g/mol. The molecule has 0 atom stereocenters. The van der Waals surface area contributed by atoms with E-state index in [4.69, 9.17) is 4.74 Å². The van der Waals surface area contributed by atoms with Gasteiger partial charge < -0.3 is 4.74 Å². The number of anilines is 1. The summed E-state index contributed by atoms with van der Waals surface area (Å²) in [5.74, 6) is 0. The van der Waals surface area contributed by atoms with Crippen molar-refractivity contribution < 1.29 is 9.53 Å². The minimum absolute atomic E-state index is 0.496. The molecule has 3 rings (SSSR count). The van der Waals surface area contributed by atoms with E-state index >= 15 is 0 Å². The minimum Gasteiger partial charge on any atom is -0.444 e. The number of hydrogen-bond acceptors (Lipinski definition) is 4. The lowest BCUT2D eigenvalue weighted by molar-refractivity contribution is 0.0636. The molecule has 7 nitrogen and oxygen atoms in total. The highest BCUT2D eigenvalue weighted by atomic mass is 16.6. The van der Waals surface area contributed by atoms with E-state index in [1.54, 1.807) is 21.6 Å². The smallest absolute Gasteiger partial charge is 0.412 e. The number of hydrogen-bond donors (Lipinski definition) is 1. The van der Waals surface area contributed by atoms with E-state index < -0.39 is 11.7 Å². The Morgan fingerprint density at radius 3 is 2.65 bits per heavy atom. The van der Waals surface area contributed by atoms with Crippen molar-refractivity contribution in [2.75, 3.05) is 5.32 Å². The van der Waals surface area contributed by atoms with Crippen LogP contribution in [0.1, 0.15) is 20.8 Å². The molecule has 0 bridgehead atoms. The summed E-state index contributed by atoms with van der Waals surface area (Å²) in [7, 11) is 1.86.